The lowest BCUT2D eigenvalue weighted by Gasteiger charge is -2.27. The maximum Gasteiger partial charge on any atom is 0.259 e. The lowest BCUT2D eigenvalue weighted by molar-refractivity contribution is 0.102. The Kier molecular flexibility index (Phi) is 7.00. The Morgan fingerprint density at radius 2 is 2.03 bits per heavy atom. The minimum absolute atomic E-state index is 0.166. The van der Waals surface area contributed by atoms with Crippen LogP contribution in [0.5, 0.6) is 0 Å². The second-order valence-electron chi connectivity index (χ2n) is 9.08. The molecule has 1 atom stereocenters. The molecule has 5 rings (SSSR count). The normalized spacial score (nSPS) is 17.3. The van der Waals surface area contributed by atoms with E-state index in [4.69, 9.17) is 0 Å². The van der Waals surface area contributed by atoms with Gasteiger partial charge in [0.25, 0.3) is 5.91 Å². The Hall–Kier alpha value is -3.45. The first-order valence-electron chi connectivity index (χ1n) is 12.3. The van der Waals surface area contributed by atoms with Crippen LogP contribution in [0.25, 0.3) is 0 Å². The number of pyridine rings is 2. The lowest BCUT2D eigenvalue weighted by atomic mass is 10.0. The van der Waals surface area contributed by atoms with Crippen LogP contribution in [-0.2, 0) is 13.0 Å². The van der Waals surface area contributed by atoms with Crippen LogP contribution in [-0.4, -0.2) is 41.6 Å². The van der Waals surface area contributed by atoms with Crippen molar-refractivity contribution in [1.82, 2.24) is 15.3 Å². The number of hydrogen-bond acceptors (Lipinski definition) is 6. The molecule has 0 bridgehead atoms. The fraction of sp³-hybridized carbons (Fsp3) is 0.370. The molecule has 2 aliphatic heterocycles. The summed E-state index contributed by atoms with van der Waals surface area (Å²) in [5.41, 5.74) is 5.02. The van der Waals surface area contributed by atoms with Gasteiger partial charge in [0.1, 0.15) is 5.82 Å². The van der Waals surface area contributed by atoms with Crippen molar-refractivity contribution < 1.29 is 4.79 Å². The van der Waals surface area contributed by atoms with Crippen LogP contribution >= 0.6 is 0 Å². The molecule has 0 aliphatic carbocycles. The first-order valence-corrected chi connectivity index (χ1v) is 12.3. The molecule has 3 N–H and O–H groups in total. The molecule has 1 amide bonds. The van der Waals surface area contributed by atoms with Gasteiger partial charge in [-0.15, -0.1) is 0 Å². The van der Waals surface area contributed by atoms with E-state index in [-0.39, 0.29) is 5.91 Å². The van der Waals surface area contributed by atoms with Crippen LogP contribution in [0.15, 0.2) is 61.1 Å². The van der Waals surface area contributed by atoms with Crippen LogP contribution in [0.2, 0.25) is 0 Å². The van der Waals surface area contributed by atoms with Crippen molar-refractivity contribution in [2.45, 2.75) is 44.7 Å². The number of hydrogen-bond donors (Lipinski definition) is 3. The highest BCUT2D eigenvalue weighted by atomic mass is 16.1. The van der Waals surface area contributed by atoms with Crippen LogP contribution in [0.3, 0.4) is 0 Å². The van der Waals surface area contributed by atoms with Gasteiger partial charge in [0.15, 0.2) is 0 Å². The molecule has 7 nitrogen and oxygen atoms in total. The Morgan fingerprint density at radius 3 is 2.88 bits per heavy atom. The summed E-state index contributed by atoms with van der Waals surface area (Å²) >= 11 is 0. The average molecular weight is 457 g/mol. The average Bonchev–Trinajstić information content (AvgIpc) is 3.30. The van der Waals surface area contributed by atoms with Gasteiger partial charge >= 0.3 is 0 Å². The minimum atomic E-state index is -0.166. The van der Waals surface area contributed by atoms with Crippen molar-refractivity contribution in [1.29, 1.82) is 0 Å². The molecule has 0 radical (unpaired) electrons. The van der Waals surface area contributed by atoms with E-state index in [1.807, 2.05) is 18.2 Å². The molecule has 176 valence electrons. The number of carbonyl (C=O) groups is 1. The smallest absolute Gasteiger partial charge is 0.259 e. The van der Waals surface area contributed by atoms with Crippen molar-refractivity contribution in [3.8, 4) is 0 Å². The Balaban J connectivity index is 1.24. The molecular weight excluding hydrogens is 424 g/mol. The molecular formula is C27H32N6O. The second kappa shape index (κ2) is 10.7. The second-order valence-corrected chi connectivity index (χ2v) is 9.08. The Labute approximate surface area is 201 Å². The number of carbonyl (C=O) groups excluding carboxylic acids is 1. The standard InChI is InChI=1S/C27H32N6O/c34-27(24-5-3-13-30-26(24)31-19-20-8-14-28-15-9-20)32-23-7-6-21-10-16-33(25(21)18-23)17-11-22-4-1-2-12-29-22/h3,5-9,13-15,18,22,29H,1-2,4,10-12,16-17,19H2,(H,30,31)(H,32,34). The van der Waals surface area contributed by atoms with Gasteiger partial charge in [0.05, 0.1) is 5.56 Å². The lowest BCUT2D eigenvalue weighted by Crippen LogP contribution is -2.37. The zero-order chi connectivity index (χ0) is 23.2. The van der Waals surface area contributed by atoms with E-state index in [1.54, 1.807) is 30.7 Å². The topological polar surface area (TPSA) is 82.2 Å². The number of piperidine rings is 1. The molecule has 34 heavy (non-hydrogen) atoms. The third kappa shape index (κ3) is 5.37. The molecule has 1 aromatic carbocycles. The van der Waals surface area contributed by atoms with E-state index in [9.17, 15) is 4.79 Å². The van der Waals surface area contributed by atoms with E-state index in [0.717, 1.165) is 43.7 Å². The fourth-order valence-corrected chi connectivity index (χ4v) is 4.85. The van der Waals surface area contributed by atoms with Gasteiger partial charge in [-0.3, -0.25) is 9.78 Å². The first-order chi connectivity index (χ1) is 16.8. The zero-order valence-electron chi connectivity index (χ0n) is 19.5. The zero-order valence-corrected chi connectivity index (χ0v) is 19.5. The van der Waals surface area contributed by atoms with Crippen LogP contribution in [0, 0.1) is 0 Å². The van der Waals surface area contributed by atoms with E-state index in [2.05, 4.69) is 43.0 Å². The number of fused-ring (bicyclic) bond motifs is 1. The van der Waals surface area contributed by atoms with Gasteiger partial charge in [0.2, 0.25) is 0 Å². The van der Waals surface area contributed by atoms with E-state index in [1.165, 1.54) is 30.5 Å². The molecule has 1 saturated heterocycles. The molecule has 2 aromatic heterocycles. The molecule has 2 aliphatic rings. The van der Waals surface area contributed by atoms with E-state index in [0.29, 0.717) is 24.0 Å². The van der Waals surface area contributed by atoms with E-state index < -0.39 is 0 Å². The quantitative estimate of drug-likeness (QED) is 0.470. The maximum atomic E-state index is 13.1. The van der Waals surface area contributed by atoms with Crippen LogP contribution in [0.1, 0.15) is 47.2 Å². The summed E-state index contributed by atoms with van der Waals surface area (Å²) in [6.07, 6.45) is 11.3. The summed E-state index contributed by atoms with van der Waals surface area (Å²) in [5.74, 6) is 0.404. The van der Waals surface area contributed by atoms with Gasteiger partial charge in [-0.25, -0.2) is 4.98 Å². The van der Waals surface area contributed by atoms with Crippen molar-refractivity contribution in [2.24, 2.45) is 0 Å². The van der Waals surface area contributed by atoms with Crippen LogP contribution < -0.4 is 20.9 Å². The highest BCUT2D eigenvalue weighted by Crippen LogP contribution is 2.31. The summed E-state index contributed by atoms with van der Waals surface area (Å²) in [6, 6.07) is 14.4. The Morgan fingerprint density at radius 1 is 1.12 bits per heavy atom. The number of aromatic nitrogens is 2. The highest BCUT2D eigenvalue weighted by Gasteiger charge is 2.22. The predicted octanol–water partition coefficient (Wildman–Crippen LogP) is 4.24. The number of amides is 1. The summed E-state index contributed by atoms with van der Waals surface area (Å²) in [7, 11) is 0. The highest BCUT2D eigenvalue weighted by molar-refractivity contribution is 6.07. The third-order valence-corrected chi connectivity index (χ3v) is 6.76. The van der Waals surface area contributed by atoms with Gasteiger partial charge in [-0.1, -0.05) is 12.5 Å². The number of nitrogens with zero attached hydrogens (tertiary/aromatic N) is 3. The number of anilines is 3. The molecule has 1 fully saturated rings. The van der Waals surface area contributed by atoms with Crippen molar-refractivity contribution in [3.63, 3.8) is 0 Å². The molecule has 3 aromatic rings. The monoisotopic (exact) mass is 456 g/mol. The number of nitrogens with one attached hydrogen (secondary N) is 3. The maximum absolute atomic E-state index is 13.1. The Bertz CT molecular complexity index is 1110. The molecule has 0 saturated carbocycles. The summed E-state index contributed by atoms with van der Waals surface area (Å²) in [5, 5.41) is 10.0. The number of rotatable bonds is 8. The summed E-state index contributed by atoms with van der Waals surface area (Å²) in [6.45, 7) is 3.81. The number of benzene rings is 1. The van der Waals surface area contributed by atoms with Crippen molar-refractivity contribution >= 4 is 23.1 Å². The van der Waals surface area contributed by atoms with Gasteiger partial charge in [-0.05, 0) is 79.8 Å². The SMILES string of the molecule is O=C(Nc1ccc2c(c1)N(CCC1CCCCN1)CC2)c1cccnc1NCc1ccncc1. The van der Waals surface area contributed by atoms with E-state index >= 15 is 0 Å². The van der Waals surface area contributed by atoms with Crippen molar-refractivity contribution in [2.75, 3.05) is 35.2 Å². The van der Waals surface area contributed by atoms with Crippen molar-refractivity contribution in [3.05, 3.63) is 77.7 Å². The van der Waals surface area contributed by atoms with Gasteiger partial charge < -0.3 is 20.9 Å². The molecule has 0 spiro atoms. The molecule has 4 heterocycles. The minimum Gasteiger partial charge on any atom is -0.371 e. The molecule has 1 unspecified atom stereocenters. The predicted molar refractivity (Wildman–Crippen MR) is 136 cm³/mol. The summed E-state index contributed by atoms with van der Waals surface area (Å²) in [4.78, 5) is 24.0. The van der Waals surface area contributed by atoms with Gasteiger partial charge in [-0.2, -0.15) is 0 Å². The van der Waals surface area contributed by atoms with Gasteiger partial charge in [0, 0.05) is 55.6 Å². The fourth-order valence-electron chi connectivity index (χ4n) is 4.85. The first kappa shape index (κ1) is 22.3. The third-order valence-electron chi connectivity index (χ3n) is 6.76. The largest absolute Gasteiger partial charge is 0.371 e. The van der Waals surface area contributed by atoms with Crippen LogP contribution in [0.4, 0.5) is 17.2 Å². The molecule has 7 heteroatoms. The summed E-state index contributed by atoms with van der Waals surface area (Å²) < 4.78 is 0.